The van der Waals surface area contributed by atoms with Gasteiger partial charge in [0.05, 0.1) is 0 Å². The molecule has 88 valence electrons. The molecular weight excluding hydrogens is 236 g/mol. The van der Waals surface area contributed by atoms with Gasteiger partial charge in [0.25, 0.3) is 0 Å². The quantitative estimate of drug-likeness (QED) is 0.546. The van der Waals surface area contributed by atoms with Crippen LogP contribution in [0.5, 0.6) is 0 Å². The van der Waals surface area contributed by atoms with Gasteiger partial charge in [0.1, 0.15) is 6.33 Å². The van der Waals surface area contributed by atoms with Crippen molar-refractivity contribution in [3.8, 4) is 11.4 Å². The monoisotopic (exact) mass is 242 g/mol. The Bertz CT molecular complexity index is 659. The zero-order valence-corrected chi connectivity index (χ0v) is 8.95. The molecule has 3 aromatic rings. The maximum Gasteiger partial charge on any atom is 0.375 e. The van der Waals surface area contributed by atoms with Crippen molar-refractivity contribution in [3.05, 3.63) is 36.7 Å². The molecule has 0 radical (unpaired) electrons. The van der Waals surface area contributed by atoms with Crippen LogP contribution in [-0.4, -0.2) is 46.4 Å². The van der Waals surface area contributed by atoms with Crippen LogP contribution in [0.15, 0.2) is 36.7 Å². The fourth-order valence-electron chi connectivity index (χ4n) is 1.43. The lowest BCUT2D eigenvalue weighted by Crippen LogP contribution is -2.22. The zero-order chi connectivity index (χ0) is 12.4. The molecule has 0 aliphatic heterocycles. The molecule has 0 atom stereocenters. The molecule has 0 spiro atoms. The van der Waals surface area contributed by atoms with Gasteiger partial charge in [-0.25, -0.2) is 4.79 Å². The van der Waals surface area contributed by atoms with Gasteiger partial charge in [0.15, 0.2) is 5.82 Å². The molecule has 0 saturated heterocycles. The Morgan fingerprint density at radius 3 is 2.61 bits per heavy atom. The predicted molar refractivity (Wildman–Crippen MR) is 57.3 cm³/mol. The van der Waals surface area contributed by atoms with Gasteiger partial charge < -0.3 is 0 Å². The first kappa shape index (κ1) is 10.2. The van der Waals surface area contributed by atoms with Crippen molar-refractivity contribution in [1.82, 2.24) is 40.4 Å². The topological polar surface area (TPSA) is 104 Å². The first-order chi connectivity index (χ1) is 8.86. The van der Waals surface area contributed by atoms with Crippen LogP contribution in [0.25, 0.3) is 11.4 Å². The first-order valence-corrected chi connectivity index (χ1v) is 4.98. The third-order valence-electron chi connectivity index (χ3n) is 2.23. The van der Waals surface area contributed by atoms with Crippen LogP contribution in [0.4, 0.5) is 4.79 Å². The molecule has 18 heavy (non-hydrogen) atoms. The number of benzene rings is 1. The minimum absolute atomic E-state index is 0.330. The summed E-state index contributed by atoms with van der Waals surface area (Å²) in [5.41, 5.74) is 0.726. The summed E-state index contributed by atoms with van der Waals surface area (Å²) in [6.45, 7) is 0. The van der Waals surface area contributed by atoms with Crippen molar-refractivity contribution in [2.45, 2.75) is 0 Å². The molecule has 0 unspecified atom stereocenters. The Balaban J connectivity index is 2.05. The maximum atomic E-state index is 12.0. The summed E-state index contributed by atoms with van der Waals surface area (Å²) in [4.78, 5) is 12.0. The lowest BCUT2D eigenvalue weighted by Gasteiger charge is -2.01. The summed E-state index contributed by atoms with van der Waals surface area (Å²) in [7, 11) is 0. The molecule has 0 aliphatic carbocycles. The summed E-state index contributed by atoms with van der Waals surface area (Å²) >= 11 is 0. The summed E-state index contributed by atoms with van der Waals surface area (Å²) < 4.78 is 1.98. The standard InChI is InChI=1S/C9H6N8O/c18-9(16-6-10-12-14-16)17-8(11-13-15-17)7-4-2-1-3-5-7/h1-6H. The smallest absolute Gasteiger partial charge is 0.243 e. The second kappa shape index (κ2) is 4.13. The van der Waals surface area contributed by atoms with E-state index in [1.165, 1.54) is 6.33 Å². The summed E-state index contributed by atoms with van der Waals surface area (Å²) in [6, 6.07) is 8.57. The van der Waals surface area contributed by atoms with E-state index in [9.17, 15) is 4.79 Å². The average molecular weight is 242 g/mol. The highest BCUT2D eigenvalue weighted by atomic mass is 16.2. The SMILES string of the molecule is O=C(n1cnnn1)n1nnnc1-c1ccccc1. The summed E-state index contributed by atoms with van der Waals surface area (Å²) in [5, 5.41) is 21.2. The second-order valence-corrected chi connectivity index (χ2v) is 3.32. The molecule has 3 rings (SSSR count). The van der Waals surface area contributed by atoms with E-state index >= 15 is 0 Å². The van der Waals surface area contributed by atoms with E-state index in [1.54, 1.807) is 12.1 Å². The predicted octanol–water partition coefficient (Wildman–Crippen LogP) is -0.157. The Kier molecular flexibility index (Phi) is 2.34. The van der Waals surface area contributed by atoms with Crippen LogP contribution in [0.3, 0.4) is 0 Å². The lowest BCUT2D eigenvalue weighted by atomic mass is 10.2. The van der Waals surface area contributed by atoms with Crippen LogP contribution >= 0.6 is 0 Å². The Hall–Kier alpha value is -2.97. The molecule has 2 heterocycles. The minimum Gasteiger partial charge on any atom is -0.243 e. The molecule has 0 fully saturated rings. The molecule has 0 aliphatic rings. The van der Waals surface area contributed by atoms with Crippen LogP contribution in [0.1, 0.15) is 0 Å². The minimum atomic E-state index is -0.552. The number of nitrogens with zero attached hydrogens (tertiary/aromatic N) is 8. The van der Waals surface area contributed by atoms with E-state index in [1.807, 2.05) is 18.2 Å². The highest BCUT2D eigenvalue weighted by Crippen LogP contribution is 2.14. The first-order valence-electron chi connectivity index (χ1n) is 4.98. The van der Waals surface area contributed by atoms with Crippen molar-refractivity contribution in [2.24, 2.45) is 0 Å². The molecule has 2 aromatic heterocycles. The van der Waals surface area contributed by atoms with Crippen LogP contribution in [0.2, 0.25) is 0 Å². The van der Waals surface area contributed by atoms with Crippen molar-refractivity contribution in [1.29, 1.82) is 0 Å². The van der Waals surface area contributed by atoms with Gasteiger partial charge in [-0.3, -0.25) is 0 Å². The second-order valence-electron chi connectivity index (χ2n) is 3.32. The van der Waals surface area contributed by atoms with E-state index in [2.05, 4.69) is 31.1 Å². The van der Waals surface area contributed by atoms with Crippen LogP contribution < -0.4 is 0 Å². The number of hydrogen-bond acceptors (Lipinski definition) is 7. The van der Waals surface area contributed by atoms with Crippen LogP contribution in [-0.2, 0) is 0 Å². The van der Waals surface area contributed by atoms with Crippen LogP contribution in [0, 0.1) is 0 Å². The van der Waals surface area contributed by atoms with Gasteiger partial charge >= 0.3 is 6.03 Å². The third-order valence-corrected chi connectivity index (χ3v) is 2.23. The largest absolute Gasteiger partial charge is 0.375 e. The van der Waals surface area contributed by atoms with Gasteiger partial charge in [-0.1, -0.05) is 30.3 Å². The summed E-state index contributed by atoms with van der Waals surface area (Å²) in [6.07, 6.45) is 1.18. The number of carbonyl (C=O) groups is 1. The number of aromatic nitrogens is 8. The summed E-state index contributed by atoms with van der Waals surface area (Å²) in [5.74, 6) is 0.330. The molecule has 0 N–H and O–H groups in total. The van der Waals surface area contributed by atoms with E-state index in [0.29, 0.717) is 5.82 Å². The van der Waals surface area contributed by atoms with Crippen molar-refractivity contribution in [3.63, 3.8) is 0 Å². The van der Waals surface area contributed by atoms with Crippen molar-refractivity contribution in [2.75, 3.05) is 0 Å². The van der Waals surface area contributed by atoms with Crippen molar-refractivity contribution >= 4 is 6.03 Å². The van der Waals surface area contributed by atoms with E-state index in [-0.39, 0.29) is 0 Å². The number of carbonyl (C=O) groups excluding carboxylic acids is 1. The van der Waals surface area contributed by atoms with Gasteiger partial charge in [-0.2, -0.15) is 0 Å². The van der Waals surface area contributed by atoms with E-state index in [4.69, 9.17) is 0 Å². The van der Waals surface area contributed by atoms with Gasteiger partial charge in [-0.05, 0) is 20.9 Å². The number of hydrogen-bond donors (Lipinski definition) is 0. The molecule has 1 aromatic carbocycles. The molecule has 0 amide bonds. The molecule has 0 saturated carbocycles. The zero-order valence-electron chi connectivity index (χ0n) is 8.95. The van der Waals surface area contributed by atoms with E-state index in [0.717, 1.165) is 14.9 Å². The van der Waals surface area contributed by atoms with Crippen molar-refractivity contribution < 1.29 is 4.79 Å². The average Bonchev–Trinajstić information content (AvgIpc) is 3.10. The van der Waals surface area contributed by atoms with Gasteiger partial charge in [0, 0.05) is 5.56 Å². The highest BCUT2D eigenvalue weighted by molar-refractivity contribution is 5.80. The van der Waals surface area contributed by atoms with Gasteiger partial charge in [-0.15, -0.1) is 19.6 Å². The Morgan fingerprint density at radius 1 is 1.06 bits per heavy atom. The normalized spacial score (nSPS) is 10.4. The lowest BCUT2D eigenvalue weighted by molar-refractivity contribution is 0.237. The molecular formula is C9H6N8O. The fraction of sp³-hybridized carbons (Fsp3) is 0. The molecule has 9 nitrogen and oxygen atoms in total. The number of rotatable bonds is 1. The van der Waals surface area contributed by atoms with Gasteiger partial charge in [0.2, 0.25) is 0 Å². The molecule has 0 bridgehead atoms. The highest BCUT2D eigenvalue weighted by Gasteiger charge is 2.17. The third kappa shape index (κ3) is 1.63. The Labute approximate surface area is 100 Å². The number of tetrazole rings is 2. The Morgan fingerprint density at radius 2 is 1.89 bits per heavy atom. The fourth-order valence-corrected chi connectivity index (χ4v) is 1.43. The maximum absolute atomic E-state index is 12.0. The molecule has 9 heteroatoms. The van der Waals surface area contributed by atoms with E-state index < -0.39 is 6.03 Å².